The molecule has 16 heavy (non-hydrogen) atoms. The standard InChI is InChI=1S/C14H12ClN/c1-14(2)11-6-5-9(15)8-10(11)13-12(14)4-3-7-16-13/h3-8H,1-2H3. The smallest absolute Gasteiger partial charge is 0.0746 e. The quantitative estimate of drug-likeness (QED) is 0.664. The van der Waals surface area contributed by atoms with Gasteiger partial charge in [0.2, 0.25) is 0 Å². The number of hydrogen-bond donors (Lipinski definition) is 0. The second-order valence-corrected chi connectivity index (χ2v) is 5.15. The van der Waals surface area contributed by atoms with Crippen LogP contribution in [0.15, 0.2) is 36.5 Å². The molecule has 2 heteroatoms. The SMILES string of the molecule is CC1(C)c2ccc(Cl)cc2-c2ncccc21. The first-order valence-corrected chi connectivity index (χ1v) is 5.74. The van der Waals surface area contributed by atoms with Gasteiger partial charge in [-0.15, -0.1) is 0 Å². The van der Waals surface area contributed by atoms with Crippen molar-refractivity contribution in [2.75, 3.05) is 0 Å². The van der Waals surface area contributed by atoms with E-state index in [2.05, 4.69) is 31.0 Å². The molecule has 3 rings (SSSR count). The summed E-state index contributed by atoms with van der Waals surface area (Å²) in [5.74, 6) is 0. The first-order chi connectivity index (χ1) is 7.60. The normalized spacial score (nSPS) is 15.7. The highest BCUT2D eigenvalue weighted by atomic mass is 35.5. The van der Waals surface area contributed by atoms with Crippen molar-refractivity contribution in [3.63, 3.8) is 0 Å². The van der Waals surface area contributed by atoms with Crippen molar-refractivity contribution in [3.8, 4) is 11.3 Å². The summed E-state index contributed by atoms with van der Waals surface area (Å²) >= 11 is 6.06. The Hall–Kier alpha value is -1.34. The Labute approximate surface area is 100 Å². The Morgan fingerprint density at radius 2 is 1.94 bits per heavy atom. The summed E-state index contributed by atoms with van der Waals surface area (Å²) in [5.41, 5.74) is 4.87. The molecule has 0 bridgehead atoms. The van der Waals surface area contributed by atoms with Crippen LogP contribution in [0.2, 0.25) is 5.02 Å². The fourth-order valence-corrected chi connectivity index (χ4v) is 2.70. The molecule has 1 aliphatic carbocycles. The summed E-state index contributed by atoms with van der Waals surface area (Å²) in [7, 11) is 0. The lowest BCUT2D eigenvalue weighted by atomic mass is 9.83. The van der Waals surface area contributed by atoms with E-state index in [9.17, 15) is 0 Å². The Kier molecular flexibility index (Phi) is 1.90. The zero-order valence-electron chi connectivity index (χ0n) is 9.29. The fourth-order valence-electron chi connectivity index (χ4n) is 2.53. The predicted octanol–water partition coefficient (Wildman–Crippen LogP) is 4.04. The van der Waals surface area contributed by atoms with Gasteiger partial charge in [0, 0.05) is 22.2 Å². The van der Waals surface area contributed by atoms with Crippen molar-refractivity contribution in [3.05, 3.63) is 52.7 Å². The van der Waals surface area contributed by atoms with E-state index in [1.165, 1.54) is 16.7 Å². The van der Waals surface area contributed by atoms with Gasteiger partial charge in [-0.05, 0) is 29.3 Å². The lowest BCUT2D eigenvalue weighted by Crippen LogP contribution is -2.14. The summed E-state index contributed by atoms with van der Waals surface area (Å²) < 4.78 is 0. The molecule has 80 valence electrons. The van der Waals surface area contributed by atoms with Gasteiger partial charge in [-0.2, -0.15) is 0 Å². The summed E-state index contributed by atoms with van der Waals surface area (Å²) in [4.78, 5) is 4.48. The molecular weight excluding hydrogens is 218 g/mol. The number of halogens is 1. The Balaban J connectivity index is 2.40. The molecule has 1 heterocycles. The van der Waals surface area contributed by atoms with Crippen LogP contribution in [0.3, 0.4) is 0 Å². The molecule has 0 amide bonds. The minimum Gasteiger partial charge on any atom is -0.256 e. The van der Waals surface area contributed by atoms with Crippen LogP contribution in [0.4, 0.5) is 0 Å². The number of fused-ring (bicyclic) bond motifs is 3. The molecule has 0 atom stereocenters. The third-order valence-corrected chi connectivity index (χ3v) is 3.63. The van der Waals surface area contributed by atoms with Crippen molar-refractivity contribution >= 4 is 11.6 Å². The van der Waals surface area contributed by atoms with Crippen LogP contribution in [0.25, 0.3) is 11.3 Å². The largest absolute Gasteiger partial charge is 0.256 e. The first kappa shape index (κ1) is 9.86. The molecule has 0 aliphatic heterocycles. The van der Waals surface area contributed by atoms with Crippen LogP contribution < -0.4 is 0 Å². The number of aromatic nitrogens is 1. The topological polar surface area (TPSA) is 12.9 Å². The van der Waals surface area contributed by atoms with Gasteiger partial charge in [-0.3, -0.25) is 4.98 Å². The second-order valence-electron chi connectivity index (χ2n) is 4.71. The lowest BCUT2D eigenvalue weighted by Gasteiger charge is -2.20. The minimum absolute atomic E-state index is 0.0313. The van der Waals surface area contributed by atoms with Gasteiger partial charge >= 0.3 is 0 Å². The molecule has 0 N–H and O–H groups in total. The molecule has 1 aromatic carbocycles. The molecule has 0 spiro atoms. The highest BCUT2D eigenvalue weighted by Crippen LogP contribution is 2.47. The van der Waals surface area contributed by atoms with Crippen LogP contribution in [-0.2, 0) is 5.41 Å². The highest BCUT2D eigenvalue weighted by molar-refractivity contribution is 6.31. The van der Waals surface area contributed by atoms with Crippen molar-refractivity contribution in [1.82, 2.24) is 4.98 Å². The molecular formula is C14H12ClN. The van der Waals surface area contributed by atoms with Crippen LogP contribution in [0.1, 0.15) is 25.0 Å². The number of pyridine rings is 1. The predicted molar refractivity (Wildman–Crippen MR) is 66.8 cm³/mol. The molecule has 1 nitrogen and oxygen atoms in total. The van der Waals surface area contributed by atoms with Gasteiger partial charge in [0.05, 0.1) is 5.69 Å². The van der Waals surface area contributed by atoms with Gasteiger partial charge in [-0.25, -0.2) is 0 Å². The maximum atomic E-state index is 6.06. The van der Waals surface area contributed by atoms with E-state index in [4.69, 9.17) is 11.6 Å². The summed E-state index contributed by atoms with van der Waals surface area (Å²) in [6.45, 7) is 4.46. The van der Waals surface area contributed by atoms with Gasteiger partial charge in [0.15, 0.2) is 0 Å². The molecule has 0 saturated carbocycles. The number of nitrogens with zero attached hydrogens (tertiary/aromatic N) is 1. The molecule has 1 aliphatic rings. The maximum absolute atomic E-state index is 6.06. The van der Waals surface area contributed by atoms with Crippen molar-refractivity contribution in [1.29, 1.82) is 0 Å². The van der Waals surface area contributed by atoms with Gasteiger partial charge < -0.3 is 0 Å². The van der Waals surface area contributed by atoms with Crippen LogP contribution >= 0.6 is 11.6 Å². The van der Waals surface area contributed by atoms with Gasteiger partial charge in [0.1, 0.15) is 0 Å². The third kappa shape index (κ3) is 1.15. The highest BCUT2D eigenvalue weighted by Gasteiger charge is 2.35. The number of rotatable bonds is 0. The average molecular weight is 230 g/mol. The van der Waals surface area contributed by atoms with Crippen LogP contribution in [-0.4, -0.2) is 4.98 Å². The molecule has 2 aromatic rings. The lowest BCUT2D eigenvalue weighted by molar-refractivity contribution is 0.659. The van der Waals surface area contributed by atoms with E-state index in [1.807, 2.05) is 24.4 Å². The summed E-state index contributed by atoms with van der Waals surface area (Å²) in [6, 6.07) is 10.2. The second kappa shape index (κ2) is 3.08. The first-order valence-electron chi connectivity index (χ1n) is 5.36. The monoisotopic (exact) mass is 229 g/mol. The van der Waals surface area contributed by atoms with E-state index in [0.717, 1.165) is 10.7 Å². The molecule has 0 saturated heterocycles. The van der Waals surface area contributed by atoms with Gasteiger partial charge in [-0.1, -0.05) is 37.6 Å². The van der Waals surface area contributed by atoms with E-state index in [1.54, 1.807) is 0 Å². The minimum atomic E-state index is 0.0313. The summed E-state index contributed by atoms with van der Waals surface area (Å²) in [5, 5.41) is 0.771. The van der Waals surface area contributed by atoms with E-state index >= 15 is 0 Å². The third-order valence-electron chi connectivity index (χ3n) is 3.39. The van der Waals surface area contributed by atoms with Crippen LogP contribution in [0, 0.1) is 0 Å². The Morgan fingerprint density at radius 3 is 2.75 bits per heavy atom. The Bertz CT molecular complexity index is 573. The number of hydrogen-bond acceptors (Lipinski definition) is 1. The Morgan fingerprint density at radius 1 is 1.12 bits per heavy atom. The van der Waals surface area contributed by atoms with Crippen molar-refractivity contribution in [2.45, 2.75) is 19.3 Å². The zero-order chi connectivity index (χ0) is 11.3. The fraction of sp³-hybridized carbons (Fsp3) is 0.214. The van der Waals surface area contributed by atoms with E-state index in [0.29, 0.717) is 0 Å². The maximum Gasteiger partial charge on any atom is 0.0746 e. The zero-order valence-corrected chi connectivity index (χ0v) is 10.0. The number of benzene rings is 1. The molecule has 1 aromatic heterocycles. The summed E-state index contributed by atoms with van der Waals surface area (Å²) in [6.07, 6.45) is 1.84. The van der Waals surface area contributed by atoms with Crippen molar-refractivity contribution in [2.24, 2.45) is 0 Å². The van der Waals surface area contributed by atoms with E-state index < -0.39 is 0 Å². The molecule has 0 unspecified atom stereocenters. The molecule has 0 fully saturated rings. The average Bonchev–Trinajstić information content (AvgIpc) is 2.49. The van der Waals surface area contributed by atoms with E-state index in [-0.39, 0.29) is 5.41 Å². The van der Waals surface area contributed by atoms with Crippen molar-refractivity contribution < 1.29 is 0 Å². The van der Waals surface area contributed by atoms with Gasteiger partial charge in [0.25, 0.3) is 0 Å². The van der Waals surface area contributed by atoms with Crippen LogP contribution in [0.5, 0.6) is 0 Å². The molecule has 0 radical (unpaired) electrons.